The van der Waals surface area contributed by atoms with Gasteiger partial charge in [0.25, 0.3) is 0 Å². The topological polar surface area (TPSA) is 77.0 Å². The Bertz CT molecular complexity index is 285. The van der Waals surface area contributed by atoms with Crippen LogP contribution in [0.4, 0.5) is 6.01 Å². The molecule has 5 nitrogen and oxygen atoms in total. The summed E-state index contributed by atoms with van der Waals surface area (Å²) < 4.78 is 5.25. The third kappa shape index (κ3) is 4.29. The zero-order valence-corrected chi connectivity index (χ0v) is 9.66. The summed E-state index contributed by atoms with van der Waals surface area (Å²) in [5, 5.41) is 10.8. The molecule has 0 aliphatic carbocycles. The van der Waals surface area contributed by atoms with Crippen molar-refractivity contribution in [3.63, 3.8) is 0 Å². The molecule has 0 saturated carbocycles. The summed E-state index contributed by atoms with van der Waals surface area (Å²) >= 11 is 0. The molecular formula is C10H20N4O. The van der Waals surface area contributed by atoms with Crippen LogP contribution in [0.3, 0.4) is 0 Å². The molecule has 1 unspecified atom stereocenters. The number of nitrogens with zero attached hydrogens (tertiary/aromatic N) is 2. The fourth-order valence-electron chi connectivity index (χ4n) is 1.26. The van der Waals surface area contributed by atoms with Crippen molar-refractivity contribution in [1.82, 2.24) is 10.2 Å². The Labute approximate surface area is 90.4 Å². The predicted octanol–water partition coefficient (Wildman–Crippen LogP) is 1.76. The van der Waals surface area contributed by atoms with E-state index in [0.717, 1.165) is 12.3 Å². The minimum Gasteiger partial charge on any atom is -0.407 e. The maximum atomic E-state index is 5.37. The van der Waals surface area contributed by atoms with Crippen molar-refractivity contribution in [3.8, 4) is 0 Å². The van der Waals surface area contributed by atoms with Gasteiger partial charge >= 0.3 is 6.01 Å². The van der Waals surface area contributed by atoms with Crippen LogP contribution in [0.5, 0.6) is 0 Å². The minimum atomic E-state index is 0.287. The second-order valence-corrected chi connectivity index (χ2v) is 4.22. The Hall–Kier alpha value is -1.10. The molecule has 0 amide bonds. The molecule has 1 heterocycles. The van der Waals surface area contributed by atoms with Crippen LogP contribution < -0.4 is 11.1 Å². The lowest BCUT2D eigenvalue weighted by Crippen LogP contribution is -2.16. The average molecular weight is 212 g/mol. The van der Waals surface area contributed by atoms with Crippen LogP contribution in [0.15, 0.2) is 4.42 Å². The van der Waals surface area contributed by atoms with Crippen LogP contribution in [-0.2, 0) is 6.54 Å². The molecule has 0 radical (unpaired) electrons. The highest BCUT2D eigenvalue weighted by Gasteiger charge is 2.08. The van der Waals surface area contributed by atoms with E-state index in [4.69, 9.17) is 10.2 Å². The second-order valence-electron chi connectivity index (χ2n) is 4.22. The summed E-state index contributed by atoms with van der Waals surface area (Å²) in [6.45, 7) is 6.82. The van der Waals surface area contributed by atoms with Gasteiger partial charge in [-0.3, -0.25) is 0 Å². The van der Waals surface area contributed by atoms with Gasteiger partial charge in [-0.15, -0.1) is 5.10 Å². The average Bonchev–Trinajstić information content (AvgIpc) is 2.62. The van der Waals surface area contributed by atoms with Gasteiger partial charge in [-0.05, 0) is 25.7 Å². The van der Waals surface area contributed by atoms with Crippen molar-refractivity contribution in [2.24, 2.45) is 11.7 Å². The van der Waals surface area contributed by atoms with Gasteiger partial charge in [0.1, 0.15) is 0 Å². The fraction of sp³-hybridized carbons (Fsp3) is 0.800. The molecule has 0 aromatic carbocycles. The summed E-state index contributed by atoms with van der Waals surface area (Å²) in [5.41, 5.74) is 5.37. The SMILES string of the molecule is CC(C)CCC(C)Nc1nnc(CN)o1. The first-order valence-electron chi connectivity index (χ1n) is 5.40. The molecule has 0 bridgehead atoms. The van der Waals surface area contributed by atoms with Crippen molar-refractivity contribution in [1.29, 1.82) is 0 Å². The summed E-state index contributed by atoms with van der Waals surface area (Å²) in [6, 6.07) is 0.810. The van der Waals surface area contributed by atoms with E-state index >= 15 is 0 Å². The zero-order valence-electron chi connectivity index (χ0n) is 9.66. The number of nitrogens with one attached hydrogen (secondary N) is 1. The van der Waals surface area contributed by atoms with Crippen molar-refractivity contribution in [3.05, 3.63) is 5.89 Å². The summed E-state index contributed by atoms with van der Waals surface area (Å²) in [7, 11) is 0. The Morgan fingerprint density at radius 1 is 1.27 bits per heavy atom. The van der Waals surface area contributed by atoms with Crippen LogP contribution in [0.2, 0.25) is 0 Å². The van der Waals surface area contributed by atoms with E-state index < -0.39 is 0 Å². The highest BCUT2D eigenvalue weighted by molar-refractivity contribution is 5.18. The van der Waals surface area contributed by atoms with Gasteiger partial charge in [-0.25, -0.2) is 0 Å². The van der Waals surface area contributed by atoms with Crippen LogP contribution >= 0.6 is 0 Å². The largest absolute Gasteiger partial charge is 0.407 e. The Kier molecular flexibility index (Phi) is 4.55. The van der Waals surface area contributed by atoms with E-state index in [-0.39, 0.29) is 6.54 Å². The highest BCUT2D eigenvalue weighted by Crippen LogP contribution is 2.11. The molecule has 0 fully saturated rings. The van der Waals surface area contributed by atoms with E-state index in [0.29, 0.717) is 17.9 Å². The first-order valence-corrected chi connectivity index (χ1v) is 5.40. The molecule has 1 rings (SSSR count). The monoisotopic (exact) mass is 212 g/mol. The minimum absolute atomic E-state index is 0.287. The first-order chi connectivity index (χ1) is 7.11. The number of rotatable bonds is 6. The highest BCUT2D eigenvalue weighted by atomic mass is 16.4. The van der Waals surface area contributed by atoms with Gasteiger partial charge in [0.2, 0.25) is 5.89 Å². The summed E-state index contributed by atoms with van der Waals surface area (Å²) in [6.07, 6.45) is 2.28. The molecule has 1 aromatic heterocycles. The predicted molar refractivity (Wildman–Crippen MR) is 59.3 cm³/mol. The van der Waals surface area contributed by atoms with Crippen LogP contribution in [0.1, 0.15) is 39.5 Å². The lowest BCUT2D eigenvalue weighted by atomic mass is 10.0. The number of nitrogens with two attached hydrogens (primary N) is 1. The van der Waals surface area contributed by atoms with Crippen molar-refractivity contribution in [2.75, 3.05) is 5.32 Å². The molecule has 1 atom stereocenters. The lowest BCUT2D eigenvalue weighted by molar-refractivity contribution is 0.486. The molecule has 86 valence electrons. The summed E-state index contributed by atoms with van der Waals surface area (Å²) in [4.78, 5) is 0. The van der Waals surface area contributed by atoms with E-state index in [1.165, 1.54) is 6.42 Å². The van der Waals surface area contributed by atoms with E-state index in [9.17, 15) is 0 Å². The van der Waals surface area contributed by atoms with Gasteiger partial charge < -0.3 is 15.5 Å². The van der Waals surface area contributed by atoms with Crippen molar-refractivity contribution >= 4 is 6.01 Å². The first kappa shape index (κ1) is 12.0. The number of hydrogen-bond donors (Lipinski definition) is 2. The number of anilines is 1. The number of hydrogen-bond acceptors (Lipinski definition) is 5. The van der Waals surface area contributed by atoms with E-state index in [1.807, 2.05) is 0 Å². The third-order valence-electron chi connectivity index (χ3n) is 2.19. The Balaban J connectivity index is 2.33. The number of aromatic nitrogens is 2. The molecular weight excluding hydrogens is 192 g/mol. The standard InChI is InChI=1S/C10H20N4O/c1-7(2)4-5-8(3)12-10-14-13-9(6-11)15-10/h7-8H,4-6,11H2,1-3H3,(H,12,14). The molecule has 0 aliphatic heterocycles. The quantitative estimate of drug-likeness (QED) is 0.751. The Morgan fingerprint density at radius 3 is 2.53 bits per heavy atom. The lowest BCUT2D eigenvalue weighted by Gasteiger charge is -2.12. The van der Waals surface area contributed by atoms with Crippen LogP contribution in [0, 0.1) is 5.92 Å². The van der Waals surface area contributed by atoms with Crippen molar-refractivity contribution in [2.45, 2.75) is 46.2 Å². The molecule has 1 aromatic rings. The van der Waals surface area contributed by atoms with E-state index in [2.05, 4.69) is 36.3 Å². The normalized spacial score (nSPS) is 13.1. The third-order valence-corrected chi connectivity index (χ3v) is 2.19. The maximum Gasteiger partial charge on any atom is 0.315 e. The molecule has 5 heteroatoms. The van der Waals surface area contributed by atoms with Crippen LogP contribution in [0.25, 0.3) is 0 Å². The smallest absolute Gasteiger partial charge is 0.315 e. The molecule has 0 spiro atoms. The van der Waals surface area contributed by atoms with Gasteiger partial charge in [-0.2, -0.15) is 0 Å². The van der Waals surface area contributed by atoms with Gasteiger partial charge in [-0.1, -0.05) is 18.9 Å². The van der Waals surface area contributed by atoms with E-state index in [1.54, 1.807) is 0 Å². The Morgan fingerprint density at radius 2 is 2.00 bits per heavy atom. The van der Waals surface area contributed by atoms with Gasteiger partial charge in [0, 0.05) is 6.04 Å². The summed E-state index contributed by atoms with van der Waals surface area (Å²) in [5.74, 6) is 1.19. The molecule has 3 N–H and O–H groups in total. The maximum absolute atomic E-state index is 5.37. The van der Waals surface area contributed by atoms with Gasteiger partial charge in [0.15, 0.2) is 0 Å². The zero-order chi connectivity index (χ0) is 11.3. The molecule has 0 saturated heterocycles. The molecule has 15 heavy (non-hydrogen) atoms. The van der Waals surface area contributed by atoms with Gasteiger partial charge in [0.05, 0.1) is 6.54 Å². The second kappa shape index (κ2) is 5.70. The van der Waals surface area contributed by atoms with Crippen LogP contribution in [-0.4, -0.2) is 16.2 Å². The fourth-order valence-corrected chi connectivity index (χ4v) is 1.26. The molecule has 0 aliphatic rings. The van der Waals surface area contributed by atoms with Crippen molar-refractivity contribution < 1.29 is 4.42 Å².